The third kappa shape index (κ3) is 2.69. The van der Waals surface area contributed by atoms with Crippen LogP contribution in [0.2, 0.25) is 0 Å². The summed E-state index contributed by atoms with van der Waals surface area (Å²) in [5.41, 5.74) is 0. The molecule has 0 atom stereocenters. The van der Waals surface area contributed by atoms with Gasteiger partial charge in [0, 0.05) is 6.72 Å². The molecule has 0 aliphatic carbocycles. The van der Waals surface area contributed by atoms with E-state index in [0.717, 1.165) is 0 Å². The van der Waals surface area contributed by atoms with Gasteiger partial charge in [0.2, 0.25) is 0 Å². The van der Waals surface area contributed by atoms with Gasteiger partial charge in [-0.3, -0.25) is 0 Å². The van der Waals surface area contributed by atoms with Gasteiger partial charge in [0.1, 0.15) is 0 Å². The second kappa shape index (κ2) is 3.02. The number of hydrogen-bond donors (Lipinski definition) is 0. The zero-order valence-corrected chi connectivity index (χ0v) is 5.16. The molecule has 0 rings (SSSR count). The summed E-state index contributed by atoms with van der Waals surface area (Å²) < 4.78 is 57.4. The fourth-order valence-corrected chi connectivity index (χ4v) is 0.209. The highest BCUT2D eigenvalue weighted by molar-refractivity contribution is 5.21. The van der Waals surface area contributed by atoms with Crippen molar-refractivity contribution < 1.29 is 26.8 Å². The lowest BCUT2D eigenvalue weighted by Crippen LogP contribution is -2.40. The molecule has 0 radical (unpaired) electrons. The number of rotatable bonds is 3. The van der Waals surface area contributed by atoms with Gasteiger partial charge in [-0.2, -0.15) is 22.0 Å². The van der Waals surface area contributed by atoms with Crippen LogP contribution in [0.1, 0.15) is 0 Å². The minimum absolute atomic E-state index is 1.83. The molecule has 0 aliphatic heterocycles. The summed E-state index contributed by atoms with van der Waals surface area (Å²) in [6.07, 6.45) is -5.60. The van der Waals surface area contributed by atoms with Gasteiger partial charge in [0.05, 0.1) is 0 Å². The topological polar surface area (TPSA) is 21.6 Å². The summed E-state index contributed by atoms with van der Waals surface area (Å²) in [4.78, 5) is 3.47. The van der Waals surface area contributed by atoms with Crippen molar-refractivity contribution in [3.05, 3.63) is 0 Å². The second-order valence-corrected chi connectivity index (χ2v) is 1.60. The van der Waals surface area contributed by atoms with Crippen LogP contribution in [0.25, 0.3) is 0 Å². The third-order valence-electron chi connectivity index (χ3n) is 0.752. The van der Waals surface area contributed by atoms with Gasteiger partial charge < -0.3 is 4.84 Å². The molecule has 0 heterocycles. The minimum Gasteiger partial charge on any atom is -0.389 e. The molecule has 0 spiro atoms. The average molecular weight is 177 g/mol. The quantitative estimate of drug-likeness (QED) is 0.366. The predicted molar refractivity (Wildman–Crippen MR) is 26.5 cm³/mol. The Morgan fingerprint density at radius 2 is 1.64 bits per heavy atom. The maximum atomic E-state index is 11.8. The first-order chi connectivity index (χ1) is 4.81. The molecule has 0 saturated carbocycles. The summed E-state index contributed by atoms with van der Waals surface area (Å²) in [6.45, 7) is 0.740. The molecule has 66 valence electrons. The van der Waals surface area contributed by atoms with Gasteiger partial charge in [-0.15, -0.1) is 5.16 Å². The summed E-state index contributed by atoms with van der Waals surface area (Å²) >= 11 is 0. The van der Waals surface area contributed by atoms with E-state index in [9.17, 15) is 22.0 Å². The van der Waals surface area contributed by atoms with Crippen LogP contribution in [0.3, 0.4) is 0 Å². The van der Waals surface area contributed by atoms with E-state index in [1.54, 1.807) is 0 Å². The van der Waals surface area contributed by atoms with E-state index in [0.29, 0.717) is 0 Å². The van der Waals surface area contributed by atoms with Crippen molar-refractivity contribution in [3.8, 4) is 0 Å². The Balaban J connectivity index is 4.10. The summed E-state index contributed by atoms with van der Waals surface area (Å²) in [7, 11) is 0. The first-order valence-corrected chi connectivity index (χ1v) is 2.34. The summed E-state index contributed by atoms with van der Waals surface area (Å²) in [5.74, 6) is -4.87. The first kappa shape index (κ1) is 10.1. The number of oxime groups is 1. The van der Waals surface area contributed by atoms with E-state index in [1.165, 1.54) is 0 Å². The van der Waals surface area contributed by atoms with Crippen molar-refractivity contribution in [2.45, 2.75) is 12.1 Å². The molecule has 0 saturated heterocycles. The highest BCUT2D eigenvalue weighted by atomic mass is 19.4. The number of nitrogens with zero attached hydrogens (tertiary/aromatic N) is 1. The molecule has 0 N–H and O–H groups in total. The predicted octanol–water partition coefficient (Wildman–Crippen LogP) is 1.82. The average Bonchev–Trinajstić information content (AvgIpc) is 1.81. The van der Waals surface area contributed by atoms with Gasteiger partial charge in [0.25, 0.3) is 0 Å². The van der Waals surface area contributed by atoms with Gasteiger partial charge in [-0.1, -0.05) is 0 Å². The Bertz CT molecular complexity index is 142. The lowest BCUT2D eigenvalue weighted by Gasteiger charge is -2.17. The monoisotopic (exact) mass is 177 g/mol. The standard InChI is InChI=1S/C4H4F5NO/c1-10-11-2-3(5,6)4(7,8)9/h1-2H2. The highest BCUT2D eigenvalue weighted by Crippen LogP contribution is 2.35. The zero-order valence-electron chi connectivity index (χ0n) is 5.16. The van der Waals surface area contributed by atoms with Crippen molar-refractivity contribution in [2.24, 2.45) is 5.16 Å². The van der Waals surface area contributed by atoms with E-state index in [4.69, 9.17) is 0 Å². The highest BCUT2D eigenvalue weighted by Gasteiger charge is 2.58. The molecule has 0 bridgehead atoms. The van der Waals surface area contributed by atoms with Crippen LogP contribution < -0.4 is 0 Å². The molecule has 0 amide bonds. The van der Waals surface area contributed by atoms with Crippen LogP contribution in [0.5, 0.6) is 0 Å². The molecule has 0 aromatic rings. The number of hydrogen-bond acceptors (Lipinski definition) is 2. The van der Waals surface area contributed by atoms with Crippen LogP contribution in [0.15, 0.2) is 5.16 Å². The molecule has 2 nitrogen and oxygen atoms in total. The van der Waals surface area contributed by atoms with Crippen LogP contribution in [0.4, 0.5) is 22.0 Å². The van der Waals surface area contributed by atoms with Crippen LogP contribution in [0, 0.1) is 0 Å². The molecular formula is C4H4F5NO. The molecule has 11 heavy (non-hydrogen) atoms. The zero-order chi connectivity index (χ0) is 9.12. The van der Waals surface area contributed by atoms with E-state index in [1.807, 2.05) is 0 Å². The van der Waals surface area contributed by atoms with Crippen LogP contribution in [-0.2, 0) is 4.84 Å². The Hall–Kier alpha value is -0.880. The molecule has 0 unspecified atom stereocenters. The maximum absolute atomic E-state index is 11.8. The van der Waals surface area contributed by atoms with Gasteiger partial charge in [0.15, 0.2) is 6.61 Å². The van der Waals surface area contributed by atoms with Gasteiger partial charge in [-0.05, 0) is 0 Å². The number of halogens is 5. The smallest absolute Gasteiger partial charge is 0.389 e. The first-order valence-electron chi connectivity index (χ1n) is 2.34. The number of alkyl halides is 5. The minimum atomic E-state index is -5.60. The van der Waals surface area contributed by atoms with Crippen molar-refractivity contribution in [3.63, 3.8) is 0 Å². The Morgan fingerprint density at radius 3 is 1.91 bits per heavy atom. The van der Waals surface area contributed by atoms with E-state index >= 15 is 0 Å². The molecule has 0 fully saturated rings. The lowest BCUT2D eigenvalue weighted by atomic mass is 10.3. The second-order valence-electron chi connectivity index (χ2n) is 1.60. The van der Waals surface area contributed by atoms with Crippen molar-refractivity contribution in [1.29, 1.82) is 0 Å². The Labute approximate surface area is 58.6 Å². The molecular weight excluding hydrogens is 173 g/mol. The fraction of sp³-hybridized carbons (Fsp3) is 0.750. The molecule has 0 aromatic heterocycles. The Morgan fingerprint density at radius 1 is 1.18 bits per heavy atom. The summed E-state index contributed by atoms with van der Waals surface area (Å²) in [6, 6.07) is 0. The SMILES string of the molecule is C=NOCC(F)(F)C(F)(F)F. The third-order valence-corrected chi connectivity index (χ3v) is 0.752. The van der Waals surface area contributed by atoms with Crippen molar-refractivity contribution in [2.75, 3.05) is 6.61 Å². The van der Waals surface area contributed by atoms with Gasteiger partial charge in [-0.25, -0.2) is 0 Å². The largest absolute Gasteiger partial charge is 0.457 e. The Kier molecular flexibility index (Phi) is 2.77. The van der Waals surface area contributed by atoms with E-state index in [-0.39, 0.29) is 0 Å². The summed E-state index contributed by atoms with van der Waals surface area (Å²) in [5, 5.41) is 2.40. The van der Waals surface area contributed by atoms with Crippen molar-refractivity contribution in [1.82, 2.24) is 0 Å². The molecule has 7 heteroatoms. The fourth-order valence-electron chi connectivity index (χ4n) is 0.209. The maximum Gasteiger partial charge on any atom is 0.457 e. The van der Waals surface area contributed by atoms with E-state index < -0.39 is 18.7 Å². The van der Waals surface area contributed by atoms with E-state index in [2.05, 4.69) is 16.7 Å². The van der Waals surface area contributed by atoms with Crippen molar-refractivity contribution >= 4 is 6.72 Å². The van der Waals surface area contributed by atoms with Crippen LogP contribution >= 0.6 is 0 Å². The van der Waals surface area contributed by atoms with Gasteiger partial charge >= 0.3 is 12.1 Å². The molecule has 0 aromatic carbocycles. The van der Waals surface area contributed by atoms with Crippen LogP contribution in [-0.4, -0.2) is 25.4 Å². The lowest BCUT2D eigenvalue weighted by molar-refractivity contribution is -0.296. The normalized spacial score (nSPS) is 12.8. The molecule has 0 aliphatic rings.